The lowest BCUT2D eigenvalue weighted by molar-refractivity contribution is -0.141. The molecule has 6 nitrogen and oxygen atoms in total. The van der Waals surface area contributed by atoms with E-state index in [2.05, 4.69) is 14.4 Å². The van der Waals surface area contributed by atoms with E-state index in [0.29, 0.717) is 18.7 Å². The van der Waals surface area contributed by atoms with Crippen molar-refractivity contribution in [1.29, 1.82) is 0 Å². The minimum absolute atomic E-state index is 0. The summed E-state index contributed by atoms with van der Waals surface area (Å²) >= 11 is 0. The van der Waals surface area contributed by atoms with Gasteiger partial charge in [-0.2, -0.15) is 21.6 Å². The van der Waals surface area contributed by atoms with Gasteiger partial charge in [0.25, 0.3) is 10.0 Å². The molecule has 0 amide bonds. The molecule has 0 saturated carbocycles. The summed E-state index contributed by atoms with van der Waals surface area (Å²) in [5.41, 5.74) is -0.0990. The predicted octanol–water partition coefficient (Wildman–Crippen LogP) is 5.62. The lowest BCUT2D eigenvalue weighted by Gasteiger charge is -2.16. The number of alkyl halides is 3. The van der Waals surface area contributed by atoms with E-state index in [-0.39, 0.29) is 31.4 Å². The molecule has 2 aromatic rings. The number of benzene rings is 1. The lowest BCUT2D eigenvalue weighted by Crippen LogP contribution is -2.16. The minimum atomic E-state index is -4.61. The van der Waals surface area contributed by atoms with Crippen LogP contribution in [0.15, 0.2) is 47.6 Å². The van der Waals surface area contributed by atoms with Gasteiger partial charge in [-0.1, -0.05) is 40.3 Å². The van der Waals surface area contributed by atoms with Crippen LogP contribution in [0.5, 0.6) is 0 Å². The van der Waals surface area contributed by atoms with Crippen LogP contribution in [0.1, 0.15) is 58.1 Å². The van der Waals surface area contributed by atoms with Crippen LogP contribution >= 0.6 is 0 Å². The number of carbonyl (C=O) groups is 1. The Kier molecular flexibility index (Phi) is 11.2. The number of halogens is 3. The zero-order chi connectivity index (χ0) is 22.9. The van der Waals surface area contributed by atoms with Crippen LogP contribution in [0.2, 0.25) is 0 Å². The smallest absolute Gasteiger partial charge is 0.417 e. The Morgan fingerprint density at radius 3 is 2.32 bits per heavy atom. The third kappa shape index (κ3) is 8.20. The van der Waals surface area contributed by atoms with Crippen LogP contribution in [0.25, 0.3) is 0 Å². The van der Waals surface area contributed by atoms with Gasteiger partial charge < -0.3 is 4.74 Å². The van der Waals surface area contributed by atoms with Gasteiger partial charge in [0.1, 0.15) is 0 Å². The Balaban J connectivity index is 0.00000291. The molecule has 1 N–H and O–H groups in total. The van der Waals surface area contributed by atoms with E-state index in [4.69, 9.17) is 0 Å². The van der Waals surface area contributed by atoms with E-state index in [1.807, 2.05) is 20.8 Å². The van der Waals surface area contributed by atoms with Crippen molar-refractivity contribution in [2.45, 2.75) is 58.2 Å². The molecule has 0 spiro atoms. The summed E-state index contributed by atoms with van der Waals surface area (Å²) in [6.07, 6.45) is -3.37. The van der Waals surface area contributed by atoms with E-state index in [9.17, 15) is 26.4 Å². The van der Waals surface area contributed by atoms with Gasteiger partial charge in [0.15, 0.2) is 5.03 Å². The summed E-state index contributed by atoms with van der Waals surface area (Å²) < 4.78 is 69.6. The topological polar surface area (TPSA) is 85.4 Å². The first-order valence-electron chi connectivity index (χ1n) is 9.29. The van der Waals surface area contributed by atoms with Crippen molar-refractivity contribution in [2.75, 3.05) is 11.8 Å². The summed E-state index contributed by atoms with van der Waals surface area (Å²) in [6.45, 7) is 5.89. The highest BCUT2D eigenvalue weighted by Gasteiger charge is 2.31. The highest BCUT2D eigenvalue weighted by molar-refractivity contribution is 7.92. The van der Waals surface area contributed by atoms with Gasteiger partial charge in [-0.3, -0.25) is 9.52 Å². The van der Waals surface area contributed by atoms with Crippen molar-refractivity contribution in [3.63, 3.8) is 0 Å². The molecular weight excluding hydrogens is 433 g/mol. The summed E-state index contributed by atoms with van der Waals surface area (Å²) in [5, 5.41) is -0.535. The van der Waals surface area contributed by atoms with Gasteiger partial charge >= 0.3 is 12.1 Å². The normalized spacial score (nSPS) is 12.0. The van der Waals surface area contributed by atoms with E-state index >= 15 is 0 Å². The predicted molar refractivity (Wildman–Crippen MR) is 114 cm³/mol. The number of sulfonamides is 1. The SMILES string of the molecule is C.CC.CCC(CC(=O)OC)c1cccc(NS(=O)(=O)c2ccc(C(F)(F)F)cn2)c1. The number of nitrogens with zero attached hydrogens (tertiary/aromatic N) is 1. The summed E-state index contributed by atoms with van der Waals surface area (Å²) in [4.78, 5) is 14.9. The summed E-state index contributed by atoms with van der Waals surface area (Å²) in [5.74, 6) is -0.548. The van der Waals surface area contributed by atoms with Crippen molar-refractivity contribution < 1.29 is 31.1 Å². The van der Waals surface area contributed by atoms with E-state index in [1.54, 1.807) is 18.2 Å². The van der Waals surface area contributed by atoms with Crippen LogP contribution in [0, 0.1) is 0 Å². The van der Waals surface area contributed by atoms with Crippen LogP contribution in [-0.2, 0) is 25.7 Å². The van der Waals surface area contributed by atoms with Crippen molar-refractivity contribution in [3.05, 3.63) is 53.7 Å². The number of nitrogens with one attached hydrogen (secondary N) is 1. The Labute approximate surface area is 181 Å². The second-order valence-electron chi connectivity index (χ2n) is 6.00. The van der Waals surface area contributed by atoms with Gasteiger partial charge in [0, 0.05) is 11.9 Å². The molecule has 1 unspecified atom stereocenters. The molecule has 31 heavy (non-hydrogen) atoms. The Morgan fingerprint density at radius 1 is 1.19 bits per heavy atom. The zero-order valence-corrected chi connectivity index (χ0v) is 18.0. The number of ether oxygens (including phenoxy) is 1. The highest BCUT2D eigenvalue weighted by atomic mass is 32.2. The molecule has 0 aliphatic carbocycles. The molecule has 1 aromatic carbocycles. The first-order valence-corrected chi connectivity index (χ1v) is 10.8. The largest absolute Gasteiger partial charge is 0.469 e. The second kappa shape index (κ2) is 12.3. The van der Waals surface area contributed by atoms with Crippen LogP contribution in [-0.4, -0.2) is 26.5 Å². The van der Waals surface area contributed by atoms with E-state index < -0.39 is 26.8 Å². The number of hydrogen-bond donors (Lipinski definition) is 1. The number of pyridine rings is 1. The summed E-state index contributed by atoms with van der Waals surface area (Å²) in [6, 6.07) is 7.88. The van der Waals surface area contributed by atoms with Gasteiger partial charge in [-0.25, -0.2) is 4.98 Å². The number of esters is 1. The van der Waals surface area contributed by atoms with E-state index in [0.717, 1.165) is 11.6 Å². The molecule has 2 rings (SSSR count). The molecule has 174 valence electrons. The molecule has 1 aromatic heterocycles. The third-order valence-corrected chi connectivity index (χ3v) is 5.38. The number of methoxy groups -OCH3 is 1. The Morgan fingerprint density at radius 2 is 1.84 bits per heavy atom. The van der Waals surface area contributed by atoms with Crippen molar-refractivity contribution in [2.24, 2.45) is 0 Å². The fourth-order valence-electron chi connectivity index (χ4n) is 2.55. The minimum Gasteiger partial charge on any atom is -0.469 e. The number of rotatable bonds is 7. The van der Waals surface area contributed by atoms with Gasteiger partial charge in [-0.15, -0.1) is 0 Å². The monoisotopic (exact) mass is 462 g/mol. The molecule has 0 aliphatic heterocycles. The summed E-state index contributed by atoms with van der Waals surface area (Å²) in [7, 11) is -2.88. The quantitative estimate of drug-likeness (QED) is 0.540. The second-order valence-corrected chi connectivity index (χ2v) is 7.63. The highest BCUT2D eigenvalue weighted by Crippen LogP contribution is 2.29. The molecular formula is C21H29F3N2O4S. The maximum absolute atomic E-state index is 12.6. The number of aromatic nitrogens is 1. The van der Waals surface area contributed by atoms with Crippen LogP contribution in [0.4, 0.5) is 18.9 Å². The molecule has 0 fully saturated rings. The number of carbonyl (C=O) groups excluding carboxylic acids is 1. The fraction of sp³-hybridized carbons (Fsp3) is 0.429. The maximum Gasteiger partial charge on any atom is 0.417 e. The number of anilines is 1. The third-order valence-electron chi connectivity index (χ3n) is 4.08. The molecule has 1 heterocycles. The molecule has 1 atom stereocenters. The Bertz CT molecular complexity index is 930. The number of hydrogen-bond acceptors (Lipinski definition) is 5. The molecule has 0 bridgehead atoms. The lowest BCUT2D eigenvalue weighted by atomic mass is 9.93. The van der Waals surface area contributed by atoms with Gasteiger partial charge in [0.05, 0.1) is 19.1 Å². The Hall–Kier alpha value is -2.62. The molecule has 0 aliphatic rings. The molecule has 0 saturated heterocycles. The van der Waals surface area contributed by atoms with Gasteiger partial charge in [0.2, 0.25) is 0 Å². The van der Waals surface area contributed by atoms with Gasteiger partial charge in [-0.05, 0) is 42.2 Å². The van der Waals surface area contributed by atoms with Crippen LogP contribution < -0.4 is 4.72 Å². The van der Waals surface area contributed by atoms with Crippen molar-refractivity contribution in [3.8, 4) is 0 Å². The van der Waals surface area contributed by atoms with Crippen molar-refractivity contribution in [1.82, 2.24) is 4.98 Å². The average molecular weight is 463 g/mol. The molecule has 10 heteroatoms. The average Bonchev–Trinajstić information content (AvgIpc) is 2.72. The standard InChI is InChI=1S/C18H19F3N2O4S.C2H6.CH4/c1-3-12(10-17(24)27-2)13-5-4-6-15(9-13)23-28(25,26)16-8-7-14(11-22-16)18(19,20)21;1-2;/h4-9,11-12,23H,3,10H2,1-2H3;1-2H3;1H4. The van der Waals surface area contributed by atoms with Crippen LogP contribution in [0.3, 0.4) is 0 Å². The first-order chi connectivity index (χ1) is 14.1. The van der Waals surface area contributed by atoms with Crippen molar-refractivity contribution >= 4 is 21.7 Å². The fourth-order valence-corrected chi connectivity index (χ4v) is 3.53. The van der Waals surface area contributed by atoms with E-state index in [1.165, 1.54) is 13.2 Å². The first kappa shape index (κ1) is 28.4. The maximum atomic E-state index is 12.6. The molecule has 0 radical (unpaired) electrons. The zero-order valence-electron chi connectivity index (χ0n) is 17.2.